The maximum absolute atomic E-state index is 12.2. The quantitative estimate of drug-likeness (QED) is 0.851. The maximum Gasteiger partial charge on any atom is 0.244 e. The van der Waals surface area contributed by atoms with E-state index in [2.05, 4.69) is 5.32 Å². The number of benzene rings is 2. The molecule has 2 amide bonds. The number of para-hydroxylation sites is 1. The number of hydrogen-bond donors (Lipinski definition) is 1. The van der Waals surface area contributed by atoms with Gasteiger partial charge in [-0.3, -0.25) is 9.59 Å². The van der Waals surface area contributed by atoms with Crippen molar-refractivity contribution in [2.75, 3.05) is 16.8 Å². The Morgan fingerprint density at radius 3 is 2.30 bits per heavy atom. The molecule has 2 aromatic rings. The average molecular weight is 372 g/mol. The molecule has 0 aromatic heterocycles. The Kier molecular flexibility index (Phi) is 5.88. The summed E-state index contributed by atoms with van der Waals surface area (Å²) in [5.41, 5.74) is 0.848. The van der Waals surface area contributed by atoms with E-state index in [1.54, 1.807) is 42.5 Å². The average Bonchev–Trinajstić information content (AvgIpc) is 2.50. The second-order valence-electron chi connectivity index (χ2n) is 4.71. The third-order valence-corrected chi connectivity index (χ3v) is 4.19. The van der Waals surface area contributed by atoms with Crippen molar-refractivity contribution < 1.29 is 9.59 Å². The van der Waals surface area contributed by atoms with Gasteiger partial charge in [0, 0.05) is 6.92 Å². The lowest BCUT2D eigenvalue weighted by molar-refractivity contribution is -0.120. The summed E-state index contributed by atoms with van der Waals surface area (Å²) in [7, 11) is 0. The fourth-order valence-corrected chi connectivity index (χ4v) is 2.54. The van der Waals surface area contributed by atoms with E-state index in [0.717, 1.165) is 0 Å². The Bertz CT molecular complexity index is 750. The number of amides is 2. The molecule has 0 heterocycles. The van der Waals surface area contributed by atoms with Gasteiger partial charge in [0.05, 0.1) is 26.4 Å². The van der Waals surface area contributed by atoms with Gasteiger partial charge in [-0.25, -0.2) is 0 Å². The molecule has 0 aliphatic rings. The van der Waals surface area contributed by atoms with Gasteiger partial charge in [-0.2, -0.15) is 0 Å². The van der Waals surface area contributed by atoms with Gasteiger partial charge in [-0.1, -0.05) is 53.0 Å². The third kappa shape index (κ3) is 4.38. The van der Waals surface area contributed by atoms with Crippen molar-refractivity contribution in [1.82, 2.24) is 0 Å². The van der Waals surface area contributed by atoms with Gasteiger partial charge in [0.2, 0.25) is 11.8 Å². The largest absolute Gasteiger partial charge is 0.323 e. The lowest BCUT2D eigenvalue weighted by Gasteiger charge is -2.22. The molecule has 0 aliphatic carbocycles. The summed E-state index contributed by atoms with van der Waals surface area (Å²) in [5, 5.41) is 3.60. The van der Waals surface area contributed by atoms with Crippen LogP contribution in [0.3, 0.4) is 0 Å². The monoisotopic (exact) mass is 370 g/mol. The highest BCUT2D eigenvalue weighted by molar-refractivity contribution is 6.44. The first-order valence-corrected chi connectivity index (χ1v) is 7.80. The van der Waals surface area contributed by atoms with Crippen LogP contribution in [0.2, 0.25) is 15.1 Å². The summed E-state index contributed by atoms with van der Waals surface area (Å²) in [6.07, 6.45) is 0. The molecular weight excluding hydrogens is 359 g/mol. The normalized spacial score (nSPS) is 10.3. The number of hydrogen-bond acceptors (Lipinski definition) is 2. The minimum absolute atomic E-state index is 0.208. The Morgan fingerprint density at radius 1 is 1.00 bits per heavy atom. The van der Waals surface area contributed by atoms with Crippen molar-refractivity contribution in [3.63, 3.8) is 0 Å². The minimum atomic E-state index is -0.399. The SMILES string of the molecule is CC(=O)N(CC(=O)Nc1ccccc1Cl)c1cccc(Cl)c1Cl. The first-order chi connectivity index (χ1) is 10.9. The van der Waals surface area contributed by atoms with E-state index < -0.39 is 5.91 Å². The Labute approximate surface area is 148 Å². The van der Waals surface area contributed by atoms with Crippen molar-refractivity contribution in [3.8, 4) is 0 Å². The smallest absolute Gasteiger partial charge is 0.244 e. The number of nitrogens with one attached hydrogen (secondary N) is 1. The number of anilines is 2. The molecule has 23 heavy (non-hydrogen) atoms. The molecule has 120 valence electrons. The highest BCUT2D eigenvalue weighted by Gasteiger charge is 2.19. The fourth-order valence-electron chi connectivity index (χ4n) is 1.96. The molecule has 0 fully saturated rings. The molecule has 0 atom stereocenters. The zero-order chi connectivity index (χ0) is 17.0. The van der Waals surface area contributed by atoms with Gasteiger partial charge in [0.25, 0.3) is 0 Å². The molecule has 0 saturated heterocycles. The molecule has 7 heteroatoms. The molecule has 2 rings (SSSR count). The highest BCUT2D eigenvalue weighted by atomic mass is 35.5. The summed E-state index contributed by atoms with van der Waals surface area (Å²) in [6, 6.07) is 11.7. The topological polar surface area (TPSA) is 49.4 Å². The first kappa shape index (κ1) is 17.6. The molecular formula is C16H13Cl3N2O2. The standard InChI is InChI=1S/C16H13Cl3N2O2/c1-10(22)21(14-8-4-6-12(18)16(14)19)9-15(23)20-13-7-3-2-5-11(13)17/h2-8H,9H2,1H3,(H,20,23). The minimum Gasteiger partial charge on any atom is -0.323 e. The van der Waals surface area contributed by atoms with Crippen molar-refractivity contribution in [2.24, 2.45) is 0 Å². The van der Waals surface area contributed by atoms with Gasteiger partial charge in [0.15, 0.2) is 0 Å². The van der Waals surface area contributed by atoms with Gasteiger partial charge >= 0.3 is 0 Å². The van der Waals surface area contributed by atoms with E-state index in [0.29, 0.717) is 21.4 Å². The van der Waals surface area contributed by atoms with Crippen LogP contribution in [-0.2, 0) is 9.59 Å². The molecule has 0 radical (unpaired) electrons. The maximum atomic E-state index is 12.2. The van der Waals surface area contributed by atoms with Gasteiger partial charge in [-0.15, -0.1) is 0 Å². The summed E-state index contributed by atoms with van der Waals surface area (Å²) < 4.78 is 0. The molecule has 0 aliphatic heterocycles. The van der Waals surface area contributed by atoms with Crippen molar-refractivity contribution >= 4 is 58.0 Å². The number of carbonyl (C=O) groups excluding carboxylic acids is 2. The first-order valence-electron chi connectivity index (χ1n) is 6.66. The molecule has 4 nitrogen and oxygen atoms in total. The van der Waals surface area contributed by atoms with Crippen LogP contribution < -0.4 is 10.2 Å². The summed E-state index contributed by atoms with van der Waals surface area (Å²) in [6.45, 7) is 1.14. The van der Waals surface area contributed by atoms with Crippen LogP contribution in [0.1, 0.15) is 6.92 Å². The Hall–Kier alpha value is -1.75. The summed E-state index contributed by atoms with van der Waals surface area (Å²) >= 11 is 18.1. The van der Waals surface area contributed by atoms with E-state index in [-0.39, 0.29) is 17.5 Å². The number of nitrogens with zero attached hydrogens (tertiary/aromatic N) is 1. The van der Waals surface area contributed by atoms with E-state index in [1.165, 1.54) is 11.8 Å². The molecule has 0 spiro atoms. The molecule has 0 unspecified atom stereocenters. The van der Waals surface area contributed by atoms with Crippen molar-refractivity contribution in [1.29, 1.82) is 0 Å². The second kappa shape index (κ2) is 7.68. The second-order valence-corrected chi connectivity index (χ2v) is 5.90. The van der Waals surface area contributed by atoms with E-state index in [4.69, 9.17) is 34.8 Å². The fraction of sp³-hybridized carbons (Fsp3) is 0.125. The van der Waals surface area contributed by atoms with E-state index >= 15 is 0 Å². The van der Waals surface area contributed by atoms with Gasteiger partial charge in [-0.05, 0) is 24.3 Å². The predicted molar refractivity (Wildman–Crippen MR) is 94.6 cm³/mol. The Morgan fingerprint density at radius 2 is 1.65 bits per heavy atom. The lowest BCUT2D eigenvalue weighted by Crippen LogP contribution is -2.36. The Balaban J connectivity index is 2.20. The van der Waals surface area contributed by atoms with E-state index in [1.807, 2.05) is 0 Å². The van der Waals surface area contributed by atoms with Crippen LogP contribution in [-0.4, -0.2) is 18.4 Å². The molecule has 1 N–H and O–H groups in total. The van der Waals surface area contributed by atoms with Crippen LogP contribution in [0.5, 0.6) is 0 Å². The van der Waals surface area contributed by atoms with Crippen LogP contribution in [0.15, 0.2) is 42.5 Å². The van der Waals surface area contributed by atoms with Crippen LogP contribution in [0.4, 0.5) is 11.4 Å². The van der Waals surface area contributed by atoms with E-state index in [9.17, 15) is 9.59 Å². The third-order valence-electron chi connectivity index (χ3n) is 3.05. The number of rotatable bonds is 4. The molecule has 0 bridgehead atoms. The number of halogens is 3. The zero-order valence-electron chi connectivity index (χ0n) is 12.1. The lowest BCUT2D eigenvalue weighted by atomic mass is 10.2. The molecule has 0 saturated carbocycles. The van der Waals surface area contributed by atoms with Gasteiger partial charge in [0.1, 0.15) is 6.54 Å². The molecule has 2 aromatic carbocycles. The van der Waals surface area contributed by atoms with Crippen molar-refractivity contribution in [2.45, 2.75) is 6.92 Å². The summed E-state index contributed by atoms with van der Waals surface area (Å²) in [4.78, 5) is 25.3. The van der Waals surface area contributed by atoms with Crippen molar-refractivity contribution in [3.05, 3.63) is 57.5 Å². The number of carbonyl (C=O) groups is 2. The highest BCUT2D eigenvalue weighted by Crippen LogP contribution is 2.32. The van der Waals surface area contributed by atoms with Gasteiger partial charge < -0.3 is 10.2 Å². The zero-order valence-corrected chi connectivity index (χ0v) is 14.4. The van der Waals surface area contributed by atoms with Crippen LogP contribution >= 0.6 is 34.8 Å². The predicted octanol–water partition coefficient (Wildman–Crippen LogP) is 4.64. The summed E-state index contributed by atoms with van der Waals surface area (Å²) in [5.74, 6) is -0.729. The van der Waals surface area contributed by atoms with Crippen LogP contribution in [0, 0.1) is 0 Å². The van der Waals surface area contributed by atoms with Crippen LogP contribution in [0.25, 0.3) is 0 Å².